The van der Waals surface area contributed by atoms with Crippen LogP contribution in [0.25, 0.3) is 0 Å². The highest BCUT2D eigenvalue weighted by Crippen LogP contribution is 2.14. The molecule has 2 atom stereocenters. The van der Waals surface area contributed by atoms with Crippen molar-refractivity contribution < 1.29 is 17.9 Å². The predicted molar refractivity (Wildman–Crippen MR) is 80.7 cm³/mol. The van der Waals surface area contributed by atoms with Crippen molar-refractivity contribution >= 4 is 27.5 Å². The first-order valence-corrected chi connectivity index (χ1v) is 8.19. The molecule has 2 unspecified atom stereocenters. The molecule has 2 N–H and O–H groups in total. The molecule has 0 aliphatic carbocycles. The molecular formula is C13H19ClN2O4S. The fourth-order valence-electron chi connectivity index (χ4n) is 1.63. The van der Waals surface area contributed by atoms with Gasteiger partial charge in [0.2, 0.25) is 15.9 Å². The average molecular weight is 335 g/mol. The number of hydrogen-bond acceptors (Lipinski definition) is 4. The van der Waals surface area contributed by atoms with E-state index in [-0.39, 0.29) is 10.9 Å². The number of carbonyl (C=O) groups excluding carboxylic acids is 1. The molecule has 0 fully saturated rings. The number of sulfonamides is 1. The van der Waals surface area contributed by atoms with E-state index in [1.807, 2.05) is 0 Å². The van der Waals surface area contributed by atoms with Crippen molar-refractivity contribution in [3.8, 4) is 0 Å². The van der Waals surface area contributed by atoms with E-state index in [0.717, 1.165) is 0 Å². The highest BCUT2D eigenvalue weighted by Gasteiger charge is 2.22. The lowest BCUT2D eigenvalue weighted by molar-refractivity contribution is -0.123. The number of amides is 1. The molecule has 1 aromatic carbocycles. The maximum Gasteiger partial charge on any atom is 0.241 e. The molecule has 0 saturated carbocycles. The Kier molecular flexibility index (Phi) is 6.60. The van der Waals surface area contributed by atoms with Crippen LogP contribution in [0.4, 0.5) is 0 Å². The molecule has 0 aliphatic rings. The molecule has 1 rings (SSSR count). The van der Waals surface area contributed by atoms with Gasteiger partial charge in [-0.05, 0) is 38.1 Å². The summed E-state index contributed by atoms with van der Waals surface area (Å²) in [5.41, 5.74) is 0. The zero-order chi connectivity index (χ0) is 16.0. The van der Waals surface area contributed by atoms with Crippen LogP contribution in [-0.2, 0) is 19.6 Å². The van der Waals surface area contributed by atoms with Crippen LogP contribution in [0.5, 0.6) is 0 Å². The zero-order valence-electron chi connectivity index (χ0n) is 12.1. The molecule has 6 nitrogen and oxygen atoms in total. The number of ether oxygens (including phenoxy) is 1. The highest BCUT2D eigenvalue weighted by atomic mass is 35.5. The molecular weight excluding hydrogens is 316 g/mol. The van der Waals surface area contributed by atoms with Crippen LogP contribution in [-0.4, -0.2) is 40.1 Å². The Bertz CT molecular complexity index is 574. The van der Waals surface area contributed by atoms with E-state index >= 15 is 0 Å². The van der Waals surface area contributed by atoms with E-state index in [1.54, 1.807) is 6.92 Å². The largest absolute Gasteiger partial charge is 0.383 e. The Balaban J connectivity index is 2.70. The van der Waals surface area contributed by atoms with Gasteiger partial charge in [-0.15, -0.1) is 0 Å². The van der Waals surface area contributed by atoms with Gasteiger partial charge in [-0.25, -0.2) is 8.42 Å². The van der Waals surface area contributed by atoms with Crippen molar-refractivity contribution in [2.24, 2.45) is 0 Å². The van der Waals surface area contributed by atoms with Gasteiger partial charge >= 0.3 is 0 Å². The molecule has 0 heterocycles. The van der Waals surface area contributed by atoms with E-state index in [9.17, 15) is 13.2 Å². The first kappa shape index (κ1) is 17.9. The Morgan fingerprint density at radius 2 is 1.86 bits per heavy atom. The van der Waals surface area contributed by atoms with Gasteiger partial charge in [0.05, 0.1) is 17.5 Å². The number of nitrogens with one attached hydrogen (secondary N) is 2. The summed E-state index contributed by atoms with van der Waals surface area (Å²) in [7, 11) is -2.25. The van der Waals surface area contributed by atoms with Gasteiger partial charge in [0, 0.05) is 18.2 Å². The summed E-state index contributed by atoms with van der Waals surface area (Å²) in [6, 6.07) is 4.60. The molecule has 0 saturated heterocycles. The molecule has 0 bridgehead atoms. The quantitative estimate of drug-likeness (QED) is 0.783. The van der Waals surface area contributed by atoms with E-state index in [4.69, 9.17) is 16.3 Å². The topological polar surface area (TPSA) is 84.5 Å². The first-order chi connectivity index (χ1) is 9.76. The maximum atomic E-state index is 12.1. The fraction of sp³-hybridized carbons (Fsp3) is 0.462. The molecule has 0 spiro atoms. The monoisotopic (exact) mass is 334 g/mol. The number of halogens is 1. The zero-order valence-corrected chi connectivity index (χ0v) is 13.7. The number of hydrogen-bond donors (Lipinski definition) is 2. The van der Waals surface area contributed by atoms with Gasteiger partial charge in [0.25, 0.3) is 0 Å². The average Bonchev–Trinajstić information content (AvgIpc) is 2.38. The number of methoxy groups -OCH3 is 1. The first-order valence-electron chi connectivity index (χ1n) is 6.33. The summed E-state index contributed by atoms with van der Waals surface area (Å²) in [5.74, 6) is -0.419. The standard InChI is InChI=1S/C13H19ClN2O4S/c1-9(8-20-3)15-13(17)10(2)16-21(18,19)12-6-4-11(14)5-7-12/h4-7,9-10,16H,8H2,1-3H3,(H,15,17). The summed E-state index contributed by atoms with van der Waals surface area (Å²) < 4.78 is 31.4. The molecule has 21 heavy (non-hydrogen) atoms. The number of benzene rings is 1. The van der Waals surface area contributed by atoms with Crippen LogP contribution < -0.4 is 10.0 Å². The van der Waals surface area contributed by atoms with Crippen LogP contribution in [0, 0.1) is 0 Å². The Hall–Kier alpha value is -1.15. The summed E-state index contributed by atoms with van der Waals surface area (Å²) in [6.07, 6.45) is 0. The molecule has 1 amide bonds. The second-order valence-corrected chi connectivity index (χ2v) is 6.81. The third-order valence-electron chi connectivity index (χ3n) is 2.65. The smallest absolute Gasteiger partial charge is 0.241 e. The van der Waals surface area contributed by atoms with Crippen molar-refractivity contribution in [3.05, 3.63) is 29.3 Å². The minimum Gasteiger partial charge on any atom is -0.383 e. The van der Waals surface area contributed by atoms with E-state index < -0.39 is 22.0 Å². The SMILES string of the molecule is COCC(C)NC(=O)C(C)NS(=O)(=O)c1ccc(Cl)cc1. The Morgan fingerprint density at radius 3 is 2.38 bits per heavy atom. The van der Waals surface area contributed by atoms with Crippen LogP contribution in [0.2, 0.25) is 5.02 Å². The van der Waals surface area contributed by atoms with Crippen LogP contribution in [0.15, 0.2) is 29.2 Å². The van der Waals surface area contributed by atoms with Crippen molar-refractivity contribution in [1.82, 2.24) is 10.0 Å². The molecule has 0 aliphatic heterocycles. The van der Waals surface area contributed by atoms with Crippen LogP contribution >= 0.6 is 11.6 Å². The summed E-state index contributed by atoms with van der Waals surface area (Å²) >= 11 is 5.71. The number of carbonyl (C=O) groups is 1. The van der Waals surface area contributed by atoms with Crippen LogP contribution in [0.3, 0.4) is 0 Å². The lowest BCUT2D eigenvalue weighted by Crippen LogP contribution is -2.48. The Morgan fingerprint density at radius 1 is 1.29 bits per heavy atom. The van der Waals surface area contributed by atoms with Crippen molar-refractivity contribution in [2.75, 3.05) is 13.7 Å². The number of rotatable bonds is 7. The molecule has 1 aromatic rings. The van der Waals surface area contributed by atoms with Gasteiger partial charge in [-0.3, -0.25) is 4.79 Å². The lowest BCUT2D eigenvalue weighted by atomic mass is 10.3. The normalized spacial score (nSPS) is 14.5. The van der Waals surface area contributed by atoms with Gasteiger partial charge in [-0.2, -0.15) is 4.72 Å². The minimum absolute atomic E-state index is 0.0523. The molecule has 0 aromatic heterocycles. The van der Waals surface area contributed by atoms with E-state index in [0.29, 0.717) is 11.6 Å². The van der Waals surface area contributed by atoms with E-state index in [1.165, 1.54) is 38.3 Å². The third-order valence-corrected chi connectivity index (χ3v) is 4.46. The second-order valence-electron chi connectivity index (χ2n) is 4.66. The highest BCUT2D eigenvalue weighted by molar-refractivity contribution is 7.89. The van der Waals surface area contributed by atoms with Crippen molar-refractivity contribution in [1.29, 1.82) is 0 Å². The second kappa shape index (κ2) is 7.74. The third kappa shape index (κ3) is 5.62. The molecule has 118 valence electrons. The van der Waals surface area contributed by atoms with Gasteiger partial charge < -0.3 is 10.1 Å². The van der Waals surface area contributed by atoms with E-state index in [2.05, 4.69) is 10.0 Å². The lowest BCUT2D eigenvalue weighted by Gasteiger charge is -2.18. The maximum absolute atomic E-state index is 12.1. The van der Waals surface area contributed by atoms with Gasteiger partial charge in [0.1, 0.15) is 0 Å². The predicted octanol–water partition coefficient (Wildman–Crippen LogP) is 1.16. The minimum atomic E-state index is -3.77. The molecule has 8 heteroatoms. The fourth-order valence-corrected chi connectivity index (χ4v) is 2.96. The van der Waals surface area contributed by atoms with Crippen molar-refractivity contribution in [3.63, 3.8) is 0 Å². The molecule has 0 radical (unpaired) electrons. The van der Waals surface area contributed by atoms with Gasteiger partial charge in [-0.1, -0.05) is 11.6 Å². The summed E-state index contributed by atoms with van der Waals surface area (Å²) in [4.78, 5) is 11.9. The summed E-state index contributed by atoms with van der Waals surface area (Å²) in [6.45, 7) is 3.59. The van der Waals surface area contributed by atoms with Crippen LogP contribution in [0.1, 0.15) is 13.8 Å². The summed E-state index contributed by atoms with van der Waals surface area (Å²) in [5, 5.41) is 3.09. The van der Waals surface area contributed by atoms with Crippen molar-refractivity contribution in [2.45, 2.75) is 30.8 Å². The van der Waals surface area contributed by atoms with Gasteiger partial charge in [0.15, 0.2) is 0 Å². The Labute approximate surface area is 129 Å².